The summed E-state index contributed by atoms with van der Waals surface area (Å²) in [6.07, 6.45) is 3.68. The number of methoxy groups -OCH3 is 1. The number of urea groups is 1. The quantitative estimate of drug-likeness (QED) is 0.456. The van der Waals surface area contributed by atoms with Crippen molar-refractivity contribution in [2.75, 3.05) is 25.5 Å². The highest BCUT2D eigenvalue weighted by molar-refractivity contribution is 7.13. The molecule has 5 rings (SSSR count). The molecule has 1 fully saturated rings. The topological polar surface area (TPSA) is 131 Å². The lowest BCUT2D eigenvalue weighted by Gasteiger charge is -2.33. The predicted molar refractivity (Wildman–Crippen MR) is 142 cm³/mol. The van der Waals surface area contributed by atoms with Crippen LogP contribution in [0.1, 0.15) is 46.8 Å². The molecule has 2 aliphatic heterocycles. The summed E-state index contributed by atoms with van der Waals surface area (Å²) in [5, 5.41) is 12.3. The molecule has 1 saturated heterocycles. The number of aromatic nitrogens is 3. The Morgan fingerprint density at radius 2 is 2.05 bits per heavy atom. The summed E-state index contributed by atoms with van der Waals surface area (Å²) in [5.74, 6) is -0.0607. The van der Waals surface area contributed by atoms with Gasteiger partial charge in [0.15, 0.2) is 16.7 Å². The van der Waals surface area contributed by atoms with Gasteiger partial charge in [-0.25, -0.2) is 24.1 Å². The number of thiazole rings is 1. The van der Waals surface area contributed by atoms with E-state index in [4.69, 9.17) is 9.57 Å². The van der Waals surface area contributed by atoms with Crippen molar-refractivity contribution in [3.63, 3.8) is 0 Å². The number of nitrogens with zero attached hydrogens (tertiary/aromatic N) is 5. The van der Waals surface area contributed by atoms with Gasteiger partial charge in [0.1, 0.15) is 23.3 Å². The van der Waals surface area contributed by atoms with E-state index in [1.165, 1.54) is 30.6 Å². The van der Waals surface area contributed by atoms with Crippen molar-refractivity contribution >= 4 is 34.1 Å². The lowest BCUT2D eigenvalue weighted by atomic mass is 9.88. The van der Waals surface area contributed by atoms with E-state index in [2.05, 4.69) is 30.7 Å². The van der Waals surface area contributed by atoms with Crippen LogP contribution in [0.4, 0.5) is 14.3 Å². The Morgan fingerprint density at radius 3 is 2.79 bits per heavy atom. The molecule has 11 nitrogen and oxygen atoms in total. The van der Waals surface area contributed by atoms with Crippen LogP contribution in [-0.4, -0.2) is 63.8 Å². The van der Waals surface area contributed by atoms with Crippen molar-refractivity contribution in [1.82, 2.24) is 25.2 Å². The van der Waals surface area contributed by atoms with Gasteiger partial charge in [-0.3, -0.25) is 10.1 Å². The molecule has 204 valence electrons. The lowest BCUT2D eigenvalue weighted by molar-refractivity contribution is 0.0191. The minimum Gasteiger partial charge on any atom is -0.494 e. The molecule has 13 heteroatoms. The second-order valence-electron chi connectivity index (χ2n) is 9.32. The summed E-state index contributed by atoms with van der Waals surface area (Å²) >= 11 is 1.38. The minimum atomic E-state index is -0.468. The Kier molecular flexibility index (Phi) is 7.96. The summed E-state index contributed by atoms with van der Waals surface area (Å²) in [5.41, 5.74) is 2.10. The van der Waals surface area contributed by atoms with E-state index in [0.29, 0.717) is 47.4 Å². The fourth-order valence-corrected chi connectivity index (χ4v) is 5.17. The van der Waals surface area contributed by atoms with E-state index in [1.54, 1.807) is 30.2 Å². The number of carbonyl (C=O) groups excluding carboxylic acids is 2. The summed E-state index contributed by atoms with van der Waals surface area (Å²) < 4.78 is 18.7. The maximum absolute atomic E-state index is 13.7. The molecule has 0 saturated carbocycles. The third kappa shape index (κ3) is 6.30. The van der Waals surface area contributed by atoms with Crippen molar-refractivity contribution < 1.29 is 23.6 Å². The van der Waals surface area contributed by atoms with Crippen molar-refractivity contribution in [1.29, 1.82) is 0 Å². The monoisotopic (exact) mass is 553 g/mol. The van der Waals surface area contributed by atoms with Gasteiger partial charge in [-0.05, 0) is 43.5 Å². The number of piperidine rings is 1. The molecule has 1 unspecified atom stereocenters. The van der Waals surface area contributed by atoms with Crippen LogP contribution in [0.25, 0.3) is 0 Å². The highest BCUT2D eigenvalue weighted by Crippen LogP contribution is 2.30. The van der Waals surface area contributed by atoms with Crippen molar-refractivity contribution in [2.24, 2.45) is 11.1 Å². The van der Waals surface area contributed by atoms with Gasteiger partial charge in [0.25, 0.3) is 5.91 Å². The number of nitrogens with one attached hydrogen (secondary N) is 2. The SMILES string of the molecule is COc1cc(CNC(=O)c2cc(C3=NOC(C4CCN(C(=O)Nc5nccs5)CC4)C3)nc(C)n2)ccc1F. The van der Waals surface area contributed by atoms with Gasteiger partial charge >= 0.3 is 6.03 Å². The maximum Gasteiger partial charge on any atom is 0.323 e. The number of amides is 3. The first-order valence-corrected chi connectivity index (χ1v) is 13.4. The third-order valence-corrected chi connectivity index (χ3v) is 7.42. The molecule has 1 aromatic carbocycles. The Balaban J connectivity index is 1.15. The van der Waals surface area contributed by atoms with E-state index in [9.17, 15) is 14.0 Å². The largest absolute Gasteiger partial charge is 0.494 e. The highest BCUT2D eigenvalue weighted by Gasteiger charge is 2.34. The summed E-state index contributed by atoms with van der Waals surface area (Å²) in [4.78, 5) is 45.7. The van der Waals surface area contributed by atoms with Crippen LogP contribution in [0, 0.1) is 18.7 Å². The zero-order valence-electron chi connectivity index (χ0n) is 21.5. The van der Waals surface area contributed by atoms with Gasteiger partial charge in [0.05, 0.1) is 12.8 Å². The maximum atomic E-state index is 13.7. The molecule has 2 aromatic heterocycles. The van der Waals surface area contributed by atoms with E-state index < -0.39 is 5.82 Å². The predicted octanol–water partition coefficient (Wildman–Crippen LogP) is 3.76. The van der Waals surface area contributed by atoms with Gasteiger partial charge in [-0.1, -0.05) is 11.2 Å². The number of halogens is 1. The molecule has 4 heterocycles. The molecule has 0 bridgehead atoms. The van der Waals surface area contributed by atoms with Crippen molar-refractivity contribution in [3.8, 4) is 5.75 Å². The number of benzene rings is 1. The molecule has 0 radical (unpaired) electrons. The first-order chi connectivity index (χ1) is 18.9. The number of anilines is 1. The smallest absolute Gasteiger partial charge is 0.323 e. The molecule has 2 N–H and O–H groups in total. The number of carbonyl (C=O) groups is 2. The number of hydrogen-bond acceptors (Lipinski definition) is 9. The Hall–Kier alpha value is -4.13. The summed E-state index contributed by atoms with van der Waals surface area (Å²) in [6, 6.07) is 5.87. The molecule has 3 aromatic rings. The standard InChI is InChI=1S/C26H28FN7O4S/c1-15-30-19(12-21(31-15)24(35)29-14-16-3-4-18(27)23(11-16)37-2)20-13-22(38-33-20)17-5-8-34(9-6-17)26(36)32-25-28-7-10-39-25/h3-4,7,10-12,17,22H,5-6,8-9,13-14H2,1-2H3,(H,29,35)(H,28,32,36). The van der Waals surface area contributed by atoms with Crippen LogP contribution >= 0.6 is 11.3 Å². The van der Waals surface area contributed by atoms with Gasteiger partial charge in [-0.2, -0.15) is 0 Å². The summed E-state index contributed by atoms with van der Waals surface area (Å²) in [6.45, 7) is 3.13. The minimum absolute atomic E-state index is 0.111. The number of ether oxygens (including phenoxy) is 1. The number of aryl methyl sites for hydroxylation is 1. The van der Waals surface area contributed by atoms with E-state index in [-0.39, 0.29) is 41.9 Å². The number of oxime groups is 1. The van der Waals surface area contributed by atoms with Gasteiger partial charge in [0, 0.05) is 43.5 Å². The fraction of sp³-hybridized carbons (Fsp3) is 0.385. The first kappa shape index (κ1) is 26.5. The fourth-order valence-electron chi connectivity index (χ4n) is 4.65. The van der Waals surface area contributed by atoms with E-state index in [0.717, 1.165) is 12.8 Å². The molecule has 2 aliphatic rings. The van der Waals surface area contributed by atoms with Gasteiger partial charge in [0.2, 0.25) is 0 Å². The Labute approximate surface area is 228 Å². The Morgan fingerprint density at radius 1 is 1.23 bits per heavy atom. The molecule has 1 atom stereocenters. The molecule has 0 spiro atoms. The average molecular weight is 554 g/mol. The van der Waals surface area contributed by atoms with Crippen LogP contribution in [0.3, 0.4) is 0 Å². The van der Waals surface area contributed by atoms with E-state index >= 15 is 0 Å². The molecule has 0 aliphatic carbocycles. The number of likely N-dealkylation sites (tertiary alicyclic amines) is 1. The van der Waals surface area contributed by atoms with Gasteiger partial charge in [-0.15, -0.1) is 11.3 Å². The number of rotatable bonds is 7. The molecular formula is C26H28FN7O4S. The average Bonchev–Trinajstić information content (AvgIpc) is 3.65. The number of hydrogen-bond donors (Lipinski definition) is 2. The van der Waals surface area contributed by atoms with Gasteiger partial charge < -0.3 is 19.8 Å². The normalized spacial score (nSPS) is 17.4. The lowest BCUT2D eigenvalue weighted by Crippen LogP contribution is -2.43. The highest BCUT2D eigenvalue weighted by atomic mass is 32.1. The third-order valence-electron chi connectivity index (χ3n) is 6.73. The Bertz CT molecular complexity index is 1380. The summed E-state index contributed by atoms with van der Waals surface area (Å²) in [7, 11) is 1.39. The van der Waals surface area contributed by atoms with Crippen molar-refractivity contribution in [2.45, 2.75) is 38.8 Å². The van der Waals surface area contributed by atoms with Crippen molar-refractivity contribution in [3.05, 3.63) is 64.4 Å². The van der Waals surface area contributed by atoms with E-state index in [1.807, 2.05) is 5.38 Å². The van der Waals surface area contributed by atoms with Crippen LogP contribution in [0.2, 0.25) is 0 Å². The van der Waals surface area contributed by atoms with Crippen LogP contribution < -0.4 is 15.4 Å². The van der Waals surface area contributed by atoms with Crippen LogP contribution in [0.15, 0.2) is 41.0 Å². The second-order valence-corrected chi connectivity index (χ2v) is 10.2. The van der Waals surface area contributed by atoms with Crippen LogP contribution in [0.5, 0.6) is 5.75 Å². The molecule has 39 heavy (non-hydrogen) atoms. The zero-order valence-corrected chi connectivity index (χ0v) is 22.3. The zero-order chi connectivity index (χ0) is 27.4. The second kappa shape index (κ2) is 11.7. The molecular weight excluding hydrogens is 525 g/mol. The first-order valence-electron chi connectivity index (χ1n) is 12.5. The molecule has 3 amide bonds. The van der Waals surface area contributed by atoms with Crippen LogP contribution in [-0.2, 0) is 11.4 Å².